The maximum absolute atomic E-state index is 8.76. The molecule has 61 valence electrons. The Morgan fingerprint density at radius 1 is 1.58 bits per heavy atom. The van der Waals surface area contributed by atoms with E-state index in [2.05, 4.69) is 18.0 Å². The Bertz CT molecular complexity index is 315. The lowest BCUT2D eigenvalue weighted by atomic mass is 9.89. The molecule has 0 aliphatic carbocycles. The van der Waals surface area contributed by atoms with Gasteiger partial charge in [-0.1, -0.05) is 13.8 Å². The highest BCUT2D eigenvalue weighted by molar-refractivity contribution is 5.37. The maximum Gasteiger partial charge on any atom is 0.101 e. The molecule has 0 aromatic carbocycles. The number of hydrogen-bond donors (Lipinski definition) is 0. The third-order valence-corrected chi connectivity index (χ3v) is 1.57. The van der Waals surface area contributed by atoms with Gasteiger partial charge in [0.2, 0.25) is 0 Å². The molecular weight excluding hydrogens is 148 g/mol. The van der Waals surface area contributed by atoms with E-state index in [1.54, 1.807) is 18.3 Å². The van der Waals surface area contributed by atoms with Crippen LogP contribution >= 0.6 is 0 Å². The van der Waals surface area contributed by atoms with Crippen molar-refractivity contribution in [2.24, 2.45) is 0 Å². The molecule has 12 heavy (non-hydrogen) atoms. The minimum atomic E-state index is -0.299. The standard InChI is InChI=1S/C10H11N2/c1-10(2,3)9-8(7-11)5-4-6-12-9/h4-6H,1H2,2-3H3. The van der Waals surface area contributed by atoms with Gasteiger partial charge < -0.3 is 0 Å². The summed E-state index contributed by atoms with van der Waals surface area (Å²) in [5, 5.41) is 8.76. The van der Waals surface area contributed by atoms with Crippen molar-refractivity contribution in [2.75, 3.05) is 0 Å². The number of rotatable bonds is 1. The van der Waals surface area contributed by atoms with Gasteiger partial charge in [0.05, 0.1) is 11.3 Å². The lowest BCUT2D eigenvalue weighted by molar-refractivity contribution is 0.636. The van der Waals surface area contributed by atoms with Gasteiger partial charge in [-0.05, 0) is 19.1 Å². The highest BCUT2D eigenvalue weighted by atomic mass is 14.7. The zero-order valence-electron chi connectivity index (χ0n) is 7.33. The fourth-order valence-corrected chi connectivity index (χ4v) is 1.03. The van der Waals surface area contributed by atoms with Crippen molar-refractivity contribution in [1.82, 2.24) is 4.98 Å². The van der Waals surface area contributed by atoms with Crippen LogP contribution in [0.25, 0.3) is 0 Å². The SMILES string of the molecule is [CH2]C(C)(C)c1ncccc1C#N. The number of nitrogens with zero attached hydrogens (tertiary/aromatic N) is 2. The van der Waals surface area contributed by atoms with Gasteiger partial charge in [-0.3, -0.25) is 4.98 Å². The fraction of sp³-hybridized carbons (Fsp3) is 0.300. The molecule has 1 aromatic rings. The minimum Gasteiger partial charge on any atom is -0.259 e. The van der Waals surface area contributed by atoms with Crippen molar-refractivity contribution in [3.63, 3.8) is 0 Å². The van der Waals surface area contributed by atoms with Crippen LogP contribution in [0.5, 0.6) is 0 Å². The molecule has 2 heteroatoms. The van der Waals surface area contributed by atoms with E-state index in [0.29, 0.717) is 5.56 Å². The van der Waals surface area contributed by atoms with Crippen LogP contribution in [0.3, 0.4) is 0 Å². The molecule has 0 saturated heterocycles. The summed E-state index contributed by atoms with van der Waals surface area (Å²) in [5.41, 5.74) is 1.07. The molecule has 0 saturated carbocycles. The molecule has 0 spiro atoms. The Kier molecular flexibility index (Phi) is 2.14. The predicted molar refractivity (Wildman–Crippen MR) is 47.3 cm³/mol. The van der Waals surface area contributed by atoms with E-state index in [-0.39, 0.29) is 5.41 Å². The van der Waals surface area contributed by atoms with Crippen LogP contribution in [-0.4, -0.2) is 4.98 Å². The Balaban J connectivity index is 3.26. The quantitative estimate of drug-likeness (QED) is 0.629. The van der Waals surface area contributed by atoms with Crippen LogP contribution < -0.4 is 0 Å². The minimum absolute atomic E-state index is 0.299. The van der Waals surface area contributed by atoms with Gasteiger partial charge in [0.15, 0.2) is 0 Å². The summed E-state index contributed by atoms with van der Waals surface area (Å²) < 4.78 is 0. The summed E-state index contributed by atoms with van der Waals surface area (Å²) in [6, 6.07) is 5.62. The summed E-state index contributed by atoms with van der Waals surface area (Å²) >= 11 is 0. The van der Waals surface area contributed by atoms with E-state index >= 15 is 0 Å². The van der Waals surface area contributed by atoms with Crippen molar-refractivity contribution < 1.29 is 0 Å². The Morgan fingerprint density at radius 2 is 2.25 bits per heavy atom. The second kappa shape index (κ2) is 2.94. The third-order valence-electron chi connectivity index (χ3n) is 1.57. The van der Waals surface area contributed by atoms with Crippen molar-refractivity contribution >= 4 is 0 Å². The first-order chi connectivity index (χ1) is 5.55. The van der Waals surface area contributed by atoms with Crippen molar-refractivity contribution in [3.05, 3.63) is 36.5 Å². The first-order valence-corrected chi connectivity index (χ1v) is 3.76. The van der Waals surface area contributed by atoms with Gasteiger partial charge in [0, 0.05) is 11.6 Å². The smallest absolute Gasteiger partial charge is 0.101 e. The largest absolute Gasteiger partial charge is 0.259 e. The average molecular weight is 159 g/mol. The number of pyridine rings is 1. The molecule has 0 bridgehead atoms. The van der Waals surface area contributed by atoms with Crippen molar-refractivity contribution in [2.45, 2.75) is 19.3 Å². The molecule has 1 aromatic heterocycles. The molecule has 1 radical (unpaired) electrons. The molecule has 1 heterocycles. The van der Waals surface area contributed by atoms with Gasteiger partial charge in [-0.2, -0.15) is 5.26 Å². The van der Waals surface area contributed by atoms with Crippen molar-refractivity contribution in [1.29, 1.82) is 5.26 Å². The summed E-state index contributed by atoms with van der Waals surface area (Å²) in [7, 11) is 0. The molecule has 0 atom stereocenters. The van der Waals surface area contributed by atoms with Crippen molar-refractivity contribution in [3.8, 4) is 6.07 Å². The van der Waals surface area contributed by atoms with Gasteiger partial charge in [0.1, 0.15) is 6.07 Å². The maximum atomic E-state index is 8.76. The third kappa shape index (κ3) is 1.62. The van der Waals surface area contributed by atoms with E-state index in [1.165, 1.54) is 0 Å². The molecule has 0 N–H and O–H groups in total. The summed E-state index contributed by atoms with van der Waals surface area (Å²) in [4.78, 5) is 4.14. The number of nitriles is 1. The van der Waals surface area contributed by atoms with Crippen LogP contribution in [-0.2, 0) is 5.41 Å². The first-order valence-electron chi connectivity index (χ1n) is 3.76. The van der Waals surface area contributed by atoms with E-state index < -0.39 is 0 Å². The molecule has 0 amide bonds. The summed E-state index contributed by atoms with van der Waals surface area (Å²) in [6.45, 7) is 7.82. The van der Waals surface area contributed by atoms with Gasteiger partial charge in [0.25, 0.3) is 0 Å². The molecule has 2 nitrogen and oxygen atoms in total. The highest BCUT2D eigenvalue weighted by Crippen LogP contribution is 2.21. The van der Waals surface area contributed by atoms with E-state index in [0.717, 1.165) is 5.69 Å². The average Bonchev–Trinajstić information content (AvgIpc) is 2.03. The molecule has 0 fully saturated rings. The Morgan fingerprint density at radius 3 is 2.67 bits per heavy atom. The Labute approximate surface area is 72.9 Å². The monoisotopic (exact) mass is 159 g/mol. The zero-order valence-corrected chi connectivity index (χ0v) is 7.33. The molecule has 0 unspecified atom stereocenters. The van der Waals surface area contributed by atoms with Crippen LogP contribution in [0.2, 0.25) is 0 Å². The predicted octanol–water partition coefficient (Wildman–Crippen LogP) is 2.06. The highest BCUT2D eigenvalue weighted by Gasteiger charge is 2.18. The Hall–Kier alpha value is -1.36. The van der Waals surface area contributed by atoms with E-state index in [4.69, 9.17) is 5.26 Å². The van der Waals surface area contributed by atoms with Crippen LogP contribution in [0, 0.1) is 18.3 Å². The van der Waals surface area contributed by atoms with Gasteiger partial charge in [-0.25, -0.2) is 0 Å². The molecular formula is C10H11N2. The second-order valence-corrected chi connectivity index (χ2v) is 3.40. The van der Waals surface area contributed by atoms with Crippen LogP contribution in [0.15, 0.2) is 18.3 Å². The van der Waals surface area contributed by atoms with Gasteiger partial charge >= 0.3 is 0 Å². The zero-order chi connectivity index (χ0) is 9.19. The molecule has 0 aliphatic heterocycles. The number of hydrogen-bond acceptors (Lipinski definition) is 2. The van der Waals surface area contributed by atoms with Gasteiger partial charge in [-0.15, -0.1) is 0 Å². The lowest BCUT2D eigenvalue weighted by Crippen LogP contribution is -2.15. The molecule has 0 aliphatic rings. The normalized spacial score (nSPS) is 10.8. The van der Waals surface area contributed by atoms with Crippen LogP contribution in [0.1, 0.15) is 25.1 Å². The second-order valence-electron chi connectivity index (χ2n) is 3.40. The van der Waals surface area contributed by atoms with E-state index in [1.807, 2.05) is 13.8 Å². The first kappa shape index (κ1) is 8.73. The van der Waals surface area contributed by atoms with E-state index in [9.17, 15) is 0 Å². The van der Waals surface area contributed by atoms with Crippen LogP contribution in [0.4, 0.5) is 0 Å². The summed E-state index contributed by atoms with van der Waals surface area (Å²) in [6.07, 6.45) is 1.68. The molecule has 1 rings (SSSR count). The number of aromatic nitrogens is 1. The fourth-order valence-electron chi connectivity index (χ4n) is 1.03. The summed E-state index contributed by atoms with van der Waals surface area (Å²) in [5.74, 6) is 0. The lowest BCUT2D eigenvalue weighted by Gasteiger charge is -2.17. The topological polar surface area (TPSA) is 36.7 Å².